The number of benzene rings is 1. The van der Waals surface area contributed by atoms with Crippen molar-refractivity contribution in [3.8, 4) is 6.07 Å². The van der Waals surface area contributed by atoms with Crippen LogP contribution in [-0.2, 0) is 0 Å². The van der Waals surface area contributed by atoms with Crippen molar-refractivity contribution in [1.82, 2.24) is 0 Å². The minimum Gasteiger partial charge on any atom is -0.398 e. The molecule has 0 aliphatic carbocycles. The molecular weight excluding hydrogens is 238 g/mol. The third-order valence-corrected chi connectivity index (χ3v) is 2.27. The van der Waals surface area contributed by atoms with Crippen molar-refractivity contribution in [2.24, 2.45) is 0 Å². The summed E-state index contributed by atoms with van der Waals surface area (Å²) in [5.74, 6) is 0. The molecule has 0 radical (unpaired) electrons. The number of hydrogen-bond acceptors (Lipinski definition) is 4. The molecular formula is C7H4BrN3O2. The molecule has 0 saturated carbocycles. The Morgan fingerprint density at radius 2 is 2.23 bits per heavy atom. The van der Waals surface area contributed by atoms with E-state index in [9.17, 15) is 10.1 Å². The maximum atomic E-state index is 10.5. The summed E-state index contributed by atoms with van der Waals surface area (Å²) in [5.41, 5.74) is 5.59. The maximum absolute atomic E-state index is 10.5. The molecule has 0 aliphatic rings. The summed E-state index contributed by atoms with van der Waals surface area (Å²) in [6.45, 7) is 0. The number of rotatable bonds is 1. The number of nitrogens with two attached hydrogens (primary N) is 1. The average molecular weight is 242 g/mol. The van der Waals surface area contributed by atoms with Crippen LogP contribution in [-0.4, -0.2) is 4.92 Å². The van der Waals surface area contributed by atoms with E-state index in [1.165, 1.54) is 12.1 Å². The van der Waals surface area contributed by atoms with Crippen LogP contribution in [0.3, 0.4) is 0 Å². The van der Waals surface area contributed by atoms with Gasteiger partial charge in [-0.3, -0.25) is 10.1 Å². The van der Waals surface area contributed by atoms with Gasteiger partial charge in [-0.1, -0.05) is 0 Å². The Labute approximate surface area is 82.0 Å². The van der Waals surface area contributed by atoms with Gasteiger partial charge in [-0.2, -0.15) is 5.26 Å². The average Bonchev–Trinajstić information content (AvgIpc) is 2.09. The van der Waals surface area contributed by atoms with Crippen molar-refractivity contribution in [3.05, 3.63) is 32.3 Å². The SMILES string of the molecule is N#Cc1cc(N)c(Br)c([N+](=O)[O-])c1. The molecule has 5 nitrogen and oxygen atoms in total. The van der Waals surface area contributed by atoms with Gasteiger partial charge in [0.1, 0.15) is 4.47 Å². The van der Waals surface area contributed by atoms with Gasteiger partial charge in [0.05, 0.1) is 22.2 Å². The molecule has 1 aromatic rings. The van der Waals surface area contributed by atoms with Crippen LogP contribution in [0.25, 0.3) is 0 Å². The largest absolute Gasteiger partial charge is 0.398 e. The van der Waals surface area contributed by atoms with Crippen molar-refractivity contribution < 1.29 is 4.92 Å². The van der Waals surface area contributed by atoms with E-state index >= 15 is 0 Å². The lowest BCUT2D eigenvalue weighted by Crippen LogP contribution is -1.95. The van der Waals surface area contributed by atoms with Gasteiger partial charge >= 0.3 is 0 Å². The van der Waals surface area contributed by atoms with E-state index in [1.807, 2.05) is 0 Å². The van der Waals surface area contributed by atoms with Gasteiger partial charge in [0, 0.05) is 6.07 Å². The van der Waals surface area contributed by atoms with Crippen LogP contribution in [0.5, 0.6) is 0 Å². The van der Waals surface area contributed by atoms with Gasteiger partial charge in [0.2, 0.25) is 0 Å². The first-order chi connectivity index (χ1) is 6.06. The molecule has 1 aromatic carbocycles. The first-order valence-electron chi connectivity index (χ1n) is 3.19. The van der Waals surface area contributed by atoms with E-state index in [0.717, 1.165) is 0 Å². The second-order valence-corrected chi connectivity index (χ2v) is 3.06. The number of nitriles is 1. The molecule has 0 saturated heterocycles. The van der Waals surface area contributed by atoms with E-state index < -0.39 is 4.92 Å². The van der Waals surface area contributed by atoms with Gasteiger partial charge in [-0.05, 0) is 22.0 Å². The Kier molecular flexibility index (Phi) is 2.49. The zero-order chi connectivity index (χ0) is 10.0. The molecule has 0 aromatic heterocycles. The molecule has 0 aliphatic heterocycles. The minimum absolute atomic E-state index is 0.174. The number of nitrogen functional groups attached to an aromatic ring is 1. The molecule has 6 heteroatoms. The number of nitrogens with zero attached hydrogens (tertiary/aromatic N) is 2. The Hall–Kier alpha value is -1.61. The van der Waals surface area contributed by atoms with E-state index in [-0.39, 0.29) is 21.4 Å². The van der Waals surface area contributed by atoms with Gasteiger partial charge in [-0.15, -0.1) is 0 Å². The molecule has 0 fully saturated rings. The smallest absolute Gasteiger partial charge is 0.286 e. The van der Waals surface area contributed by atoms with E-state index in [1.54, 1.807) is 6.07 Å². The highest BCUT2D eigenvalue weighted by molar-refractivity contribution is 9.10. The molecule has 1 rings (SSSR count). The zero-order valence-electron chi connectivity index (χ0n) is 6.32. The summed E-state index contributed by atoms with van der Waals surface area (Å²) in [4.78, 5) is 9.86. The van der Waals surface area contributed by atoms with Crippen molar-refractivity contribution >= 4 is 27.3 Å². The lowest BCUT2D eigenvalue weighted by molar-refractivity contribution is -0.385. The number of halogens is 1. The molecule has 66 valence electrons. The Balaban J connectivity index is 3.44. The molecule has 2 N–H and O–H groups in total. The monoisotopic (exact) mass is 241 g/mol. The molecule has 0 heterocycles. The predicted molar refractivity (Wildman–Crippen MR) is 49.9 cm³/mol. The Morgan fingerprint density at radius 1 is 1.62 bits per heavy atom. The van der Waals surface area contributed by atoms with Gasteiger partial charge in [-0.25, -0.2) is 0 Å². The van der Waals surface area contributed by atoms with Crippen molar-refractivity contribution in [3.63, 3.8) is 0 Å². The lowest BCUT2D eigenvalue weighted by atomic mass is 10.2. The molecule has 13 heavy (non-hydrogen) atoms. The van der Waals surface area contributed by atoms with Crippen LogP contribution >= 0.6 is 15.9 Å². The number of nitro benzene ring substituents is 1. The van der Waals surface area contributed by atoms with E-state index in [4.69, 9.17) is 11.0 Å². The highest BCUT2D eigenvalue weighted by Crippen LogP contribution is 2.31. The van der Waals surface area contributed by atoms with Crippen molar-refractivity contribution in [1.29, 1.82) is 5.26 Å². The fourth-order valence-corrected chi connectivity index (χ4v) is 1.20. The quantitative estimate of drug-likeness (QED) is 0.461. The maximum Gasteiger partial charge on any atom is 0.286 e. The number of hydrogen-bond donors (Lipinski definition) is 1. The minimum atomic E-state index is -0.596. The van der Waals surface area contributed by atoms with Crippen LogP contribution in [0.15, 0.2) is 16.6 Å². The highest BCUT2D eigenvalue weighted by atomic mass is 79.9. The Bertz CT molecular complexity index is 411. The third kappa shape index (κ3) is 1.76. The second-order valence-electron chi connectivity index (χ2n) is 2.27. The summed E-state index contributed by atoms with van der Waals surface area (Å²) in [5, 5.41) is 19.0. The molecule has 0 spiro atoms. The number of anilines is 1. The fraction of sp³-hybridized carbons (Fsp3) is 0. The van der Waals surface area contributed by atoms with Gasteiger partial charge in [0.25, 0.3) is 5.69 Å². The first-order valence-corrected chi connectivity index (χ1v) is 3.99. The molecule has 0 unspecified atom stereocenters. The van der Waals surface area contributed by atoms with E-state index in [0.29, 0.717) is 0 Å². The van der Waals surface area contributed by atoms with Crippen molar-refractivity contribution in [2.75, 3.05) is 5.73 Å². The molecule has 0 atom stereocenters. The van der Waals surface area contributed by atoms with Gasteiger partial charge in [0.15, 0.2) is 0 Å². The summed E-state index contributed by atoms with van der Waals surface area (Å²) in [6.07, 6.45) is 0. The summed E-state index contributed by atoms with van der Waals surface area (Å²) in [7, 11) is 0. The standard InChI is InChI=1S/C7H4BrN3O2/c8-7-5(10)1-4(3-9)2-6(7)11(12)13/h1-2H,10H2. The summed E-state index contributed by atoms with van der Waals surface area (Å²) < 4.78 is 0.205. The second kappa shape index (κ2) is 3.41. The van der Waals surface area contributed by atoms with Crippen LogP contribution in [0.4, 0.5) is 11.4 Å². The van der Waals surface area contributed by atoms with Crippen LogP contribution in [0.2, 0.25) is 0 Å². The molecule has 0 bridgehead atoms. The number of nitro groups is 1. The van der Waals surface area contributed by atoms with Gasteiger partial charge < -0.3 is 5.73 Å². The Morgan fingerprint density at radius 3 is 2.69 bits per heavy atom. The first kappa shape index (κ1) is 9.48. The fourth-order valence-electron chi connectivity index (χ4n) is 0.828. The van der Waals surface area contributed by atoms with Crippen LogP contribution in [0.1, 0.15) is 5.56 Å². The van der Waals surface area contributed by atoms with Crippen LogP contribution in [0, 0.1) is 21.4 Å². The topological polar surface area (TPSA) is 93.0 Å². The normalized spacial score (nSPS) is 9.23. The van der Waals surface area contributed by atoms with E-state index in [2.05, 4.69) is 15.9 Å². The highest BCUT2D eigenvalue weighted by Gasteiger charge is 2.15. The summed E-state index contributed by atoms with van der Waals surface area (Å²) >= 11 is 2.97. The lowest BCUT2D eigenvalue weighted by Gasteiger charge is -1.99. The zero-order valence-corrected chi connectivity index (χ0v) is 7.91. The third-order valence-electron chi connectivity index (χ3n) is 1.41. The molecule has 0 amide bonds. The predicted octanol–water partition coefficient (Wildman–Crippen LogP) is 1.81. The van der Waals surface area contributed by atoms with Crippen LogP contribution < -0.4 is 5.73 Å². The van der Waals surface area contributed by atoms with Crippen molar-refractivity contribution in [2.45, 2.75) is 0 Å². The summed E-state index contributed by atoms with van der Waals surface area (Å²) in [6, 6.07) is 4.32.